The first-order valence-electron chi connectivity index (χ1n) is 5.30. The average molecular weight is 230 g/mol. The maximum absolute atomic E-state index is 12.2. The van der Waals surface area contributed by atoms with Gasteiger partial charge in [0.25, 0.3) is 0 Å². The summed E-state index contributed by atoms with van der Waals surface area (Å²) < 4.78 is 6.87. The highest BCUT2D eigenvalue weighted by Gasteiger charge is 2.14. The molecule has 2 rings (SSSR count). The van der Waals surface area contributed by atoms with E-state index in [1.165, 1.54) is 0 Å². The molecule has 1 aromatic heterocycles. The molecule has 1 heterocycles. The molecule has 0 bridgehead atoms. The van der Waals surface area contributed by atoms with Crippen LogP contribution >= 0.6 is 0 Å². The maximum Gasteiger partial charge on any atom is 0.228 e. The van der Waals surface area contributed by atoms with E-state index in [9.17, 15) is 4.79 Å². The topological polar surface area (TPSA) is 44.1 Å². The summed E-state index contributed by atoms with van der Waals surface area (Å²) in [5, 5.41) is 0. The molecule has 2 aromatic rings. The smallest absolute Gasteiger partial charge is 0.228 e. The third-order valence-electron chi connectivity index (χ3n) is 2.68. The zero-order chi connectivity index (χ0) is 12.4. The van der Waals surface area contributed by atoms with Gasteiger partial charge in [-0.25, -0.2) is 4.98 Å². The predicted octanol–water partition coefficient (Wildman–Crippen LogP) is 1.97. The minimum absolute atomic E-state index is 0.0803. The molecule has 88 valence electrons. The summed E-state index contributed by atoms with van der Waals surface area (Å²) in [5.74, 6) is 1.14. The molecule has 0 aliphatic heterocycles. The second-order valence-electron chi connectivity index (χ2n) is 3.88. The minimum atomic E-state index is -0.0803. The molecule has 0 fully saturated rings. The van der Waals surface area contributed by atoms with Crippen LogP contribution in [0, 0.1) is 6.92 Å². The first-order valence-corrected chi connectivity index (χ1v) is 5.30. The molecule has 0 unspecified atom stereocenters. The van der Waals surface area contributed by atoms with Gasteiger partial charge in [-0.15, -0.1) is 0 Å². The van der Waals surface area contributed by atoms with Crippen LogP contribution in [0.3, 0.4) is 0 Å². The number of imidazole rings is 1. The molecule has 0 aliphatic carbocycles. The van der Waals surface area contributed by atoms with Gasteiger partial charge in [0.15, 0.2) is 5.82 Å². The van der Waals surface area contributed by atoms with Gasteiger partial charge in [0.1, 0.15) is 5.75 Å². The SMILES string of the molecule is COc1ccc(C(=O)c2nccn2C)cc1C. The van der Waals surface area contributed by atoms with Crippen LogP contribution in [0.2, 0.25) is 0 Å². The monoisotopic (exact) mass is 230 g/mol. The Morgan fingerprint density at radius 3 is 2.71 bits per heavy atom. The summed E-state index contributed by atoms with van der Waals surface area (Å²) in [7, 11) is 3.42. The van der Waals surface area contributed by atoms with Crippen LogP contribution in [-0.2, 0) is 7.05 Å². The third kappa shape index (κ3) is 2.06. The lowest BCUT2D eigenvalue weighted by molar-refractivity contribution is 0.102. The van der Waals surface area contributed by atoms with Gasteiger partial charge in [-0.3, -0.25) is 4.79 Å². The number of benzene rings is 1. The van der Waals surface area contributed by atoms with Gasteiger partial charge in [-0.05, 0) is 30.7 Å². The van der Waals surface area contributed by atoms with E-state index in [-0.39, 0.29) is 5.78 Å². The van der Waals surface area contributed by atoms with Crippen molar-refractivity contribution in [2.45, 2.75) is 6.92 Å². The van der Waals surface area contributed by atoms with Gasteiger partial charge >= 0.3 is 0 Å². The zero-order valence-electron chi connectivity index (χ0n) is 10.1. The van der Waals surface area contributed by atoms with Crippen LogP contribution in [0.25, 0.3) is 0 Å². The van der Waals surface area contributed by atoms with Crippen molar-refractivity contribution in [3.8, 4) is 5.75 Å². The summed E-state index contributed by atoms with van der Waals surface area (Å²) in [5.41, 5.74) is 1.56. The van der Waals surface area contributed by atoms with Gasteiger partial charge in [0, 0.05) is 25.0 Å². The molecule has 17 heavy (non-hydrogen) atoms. The summed E-state index contributed by atoms with van der Waals surface area (Å²) in [4.78, 5) is 16.2. The Bertz CT molecular complexity index is 558. The van der Waals surface area contributed by atoms with Crippen molar-refractivity contribution >= 4 is 5.78 Å². The van der Waals surface area contributed by atoms with Crippen molar-refractivity contribution in [2.24, 2.45) is 7.05 Å². The van der Waals surface area contributed by atoms with E-state index in [0.29, 0.717) is 11.4 Å². The molecule has 4 heteroatoms. The minimum Gasteiger partial charge on any atom is -0.496 e. The Balaban J connectivity index is 2.39. The highest BCUT2D eigenvalue weighted by atomic mass is 16.5. The maximum atomic E-state index is 12.2. The van der Waals surface area contributed by atoms with Crippen molar-refractivity contribution in [2.75, 3.05) is 7.11 Å². The lowest BCUT2D eigenvalue weighted by atomic mass is 10.1. The van der Waals surface area contributed by atoms with E-state index in [1.54, 1.807) is 43.3 Å². The number of rotatable bonds is 3. The molecule has 0 saturated heterocycles. The lowest BCUT2D eigenvalue weighted by Gasteiger charge is -2.06. The Morgan fingerprint density at radius 2 is 2.18 bits per heavy atom. The number of carbonyl (C=O) groups excluding carboxylic acids is 1. The number of carbonyl (C=O) groups is 1. The van der Waals surface area contributed by atoms with Gasteiger partial charge < -0.3 is 9.30 Å². The van der Waals surface area contributed by atoms with Crippen molar-refractivity contribution < 1.29 is 9.53 Å². The van der Waals surface area contributed by atoms with Gasteiger partial charge in [-0.1, -0.05) is 0 Å². The fraction of sp³-hybridized carbons (Fsp3) is 0.231. The van der Waals surface area contributed by atoms with Crippen molar-refractivity contribution in [1.29, 1.82) is 0 Å². The van der Waals surface area contributed by atoms with Crippen LogP contribution in [0.1, 0.15) is 21.7 Å². The van der Waals surface area contributed by atoms with E-state index in [2.05, 4.69) is 4.98 Å². The molecular formula is C13H14N2O2. The summed E-state index contributed by atoms with van der Waals surface area (Å²) in [6.07, 6.45) is 3.37. The first-order chi connectivity index (χ1) is 8.13. The number of nitrogens with zero attached hydrogens (tertiary/aromatic N) is 2. The van der Waals surface area contributed by atoms with Crippen LogP contribution < -0.4 is 4.74 Å². The first kappa shape index (κ1) is 11.4. The number of aromatic nitrogens is 2. The van der Waals surface area contributed by atoms with Crippen LogP contribution in [0.5, 0.6) is 5.75 Å². The van der Waals surface area contributed by atoms with E-state index < -0.39 is 0 Å². The quantitative estimate of drug-likeness (QED) is 0.757. The number of hydrogen-bond donors (Lipinski definition) is 0. The summed E-state index contributed by atoms with van der Waals surface area (Å²) >= 11 is 0. The number of ketones is 1. The van der Waals surface area contributed by atoms with E-state index in [0.717, 1.165) is 11.3 Å². The molecule has 0 N–H and O–H groups in total. The Kier molecular flexibility index (Phi) is 2.95. The predicted molar refractivity (Wildman–Crippen MR) is 64.4 cm³/mol. The highest BCUT2D eigenvalue weighted by Crippen LogP contribution is 2.19. The van der Waals surface area contributed by atoms with Gasteiger partial charge in [0.05, 0.1) is 7.11 Å². The summed E-state index contributed by atoms with van der Waals surface area (Å²) in [6.45, 7) is 1.91. The Hall–Kier alpha value is -2.10. The van der Waals surface area contributed by atoms with E-state index in [1.807, 2.05) is 13.0 Å². The van der Waals surface area contributed by atoms with E-state index >= 15 is 0 Å². The van der Waals surface area contributed by atoms with Gasteiger partial charge in [0.2, 0.25) is 5.78 Å². The number of aryl methyl sites for hydroxylation is 2. The van der Waals surface area contributed by atoms with Crippen LogP contribution in [0.4, 0.5) is 0 Å². The largest absolute Gasteiger partial charge is 0.496 e. The highest BCUT2D eigenvalue weighted by molar-refractivity contribution is 6.06. The van der Waals surface area contributed by atoms with Crippen LogP contribution in [0.15, 0.2) is 30.6 Å². The third-order valence-corrected chi connectivity index (χ3v) is 2.68. The Labute approximate surface area is 99.9 Å². The fourth-order valence-electron chi connectivity index (χ4n) is 1.73. The van der Waals surface area contributed by atoms with Crippen molar-refractivity contribution in [1.82, 2.24) is 9.55 Å². The van der Waals surface area contributed by atoms with Crippen molar-refractivity contribution in [3.63, 3.8) is 0 Å². The number of ether oxygens (including phenoxy) is 1. The molecule has 0 saturated carbocycles. The molecule has 0 atom stereocenters. The standard InChI is InChI=1S/C13H14N2O2/c1-9-8-10(4-5-11(9)17-3)12(16)13-14-6-7-15(13)2/h4-8H,1-3H3. The second kappa shape index (κ2) is 4.41. The summed E-state index contributed by atoms with van der Waals surface area (Å²) in [6, 6.07) is 5.37. The molecule has 0 amide bonds. The van der Waals surface area contributed by atoms with Crippen LogP contribution in [-0.4, -0.2) is 22.4 Å². The Morgan fingerprint density at radius 1 is 1.41 bits per heavy atom. The fourth-order valence-corrected chi connectivity index (χ4v) is 1.73. The second-order valence-corrected chi connectivity index (χ2v) is 3.88. The number of hydrogen-bond acceptors (Lipinski definition) is 3. The molecule has 4 nitrogen and oxygen atoms in total. The molecule has 0 aliphatic rings. The molecular weight excluding hydrogens is 216 g/mol. The molecule has 0 spiro atoms. The van der Waals surface area contributed by atoms with E-state index in [4.69, 9.17) is 4.74 Å². The van der Waals surface area contributed by atoms with Crippen molar-refractivity contribution in [3.05, 3.63) is 47.5 Å². The lowest BCUT2D eigenvalue weighted by Crippen LogP contribution is -2.08. The molecule has 0 radical (unpaired) electrons. The van der Waals surface area contributed by atoms with Gasteiger partial charge in [-0.2, -0.15) is 0 Å². The average Bonchev–Trinajstić information content (AvgIpc) is 2.74. The normalized spacial score (nSPS) is 10.3. The molecule has 1 aromatic carbocycles. The zero-order valence-corrected chi connectivity index (χ0v) is 10.1. The number of methoxy groups -OCH3 is 1.